The number of aromatic hydroxyl groups is 1. The Bertz CT molecular complexity index is 621. The molecule has 0 radical (unpaired) electrons. The van der Waals surface area contributed by atoms with Gasteiger partial charge in [0, 0.05) is 7.11 Å². The van der Waals surface area contributed by atoms with E-state index in [9.17, 15) is 5.11 Å². The summed E-state index contributed by atoms with van der Waals surface area (Å²) in [6, 6.07) is 4.95. The maximum atomic E-state index is 9.95. The van der Waals surface area contributed by atoms with Crippen LogP contribution >= 0.6 is 12.2 Å². The molecule has 0 atom stereocenters. The van der Waals surface area contributed by atoms with Crippen LogP contribution in [0.15, 0.2) is 18.2 Å². The van der Waals surface area contributed by atoms with E-state index < -0.39 is 0 Å². The lowest BCUT2D eigenvalue weighted by Crippen LogP contribution is -2.06. The first kappa shape index (κ1) is 13.6. The molecule has 0 unspecified atom stereocenters. The number of hydrogen-bond donors (Lipinski definition) is 2. The van der Waals surface area contributed by atoms with Crippen LogP contribution in [0.5, 0.6) is 11.5 Å². The highest BCUT2D eigenvalue weighted by atomic mass is 32.1. The van der Waals surface area contributed by atoms with Crippen LogP contribution in [0.2, 0.25) is 0 Å². The van der Waals surface area contributed by atoms with Gasteiger partial charge in [0.15, 0.2) is 10.6 Å². The molecule has 0 aliphatic rings. The minimum Gasteiger partial charge on any atom is -0.507 e. The molecule has 1 aromatic carbocycles. The Morgan fingerprint density at radius 1 is 1.42 bits per heavy atom. The van der Waals surface area contributed by atoms with E-state index in [1.54, 1.807) is 37.0 Å². The molecular formula is C12H15N3O3S. The number of methoxy groups -OCH3 is 2. The number of ether oxygens (including phenoxy) is 2. The first-order valence-electron chi connectivity index (χ1n) is 5.69. The van der Waals surface area contributed by atoms with Gasteiger partial charge in [-0.15, -0.1) is 0 Å². The van der Waals surface area contributed by atoms with Crippen molar-refractivity contribution in [3.8, 4) is 22.9 Å². The van der Waals surface area contributed by atoms with Crippen LogP contribution in [-0.2, 0) is 11.3 Å². The number of rotatable bonds is 5. The first-order valence-corrected chi connectivity index (χ1v) is 6.09. The summed E-state index contributed by atoms with van der Waals surface area (Å²) < 4.78 is 12.4. The van der Waals surface area contributed by atoms with E-state index in [1.165, 1.54) is 0 Å². The number of nitrogens with zero attached hydrogens (tertiary/aromatic N) is 2. The zero-order valence-corrected chi connectivity index (χ0v) is 11.5. The zero-order chi connectivity index (χ0) is 13.8. The third kappa shape index (κ3) is 2.77. The molecule has 19 heavy (non-hydrogen) atoms. The Hall–Kier alpha value is -1.86. The van der Waals surface area contributed by atoms with Crippen molar-refractivity contribution in [1.82, 2.24) is 14.8 Å². The molecule has 6 nitrogen and oxygen atoms in total. The predicted molar refractivity (Wildman–Crippen MR) is 72.9 cm³/mol. The molecule has 2 rings (SSSR count). The first-order chi connectivity index (χ1) is 9.17. The second-order valence-corrected chi connectivity index (χ2v) is 4.27. The minimum atomic E-state index is 0.119. The van der Waals surface area contributed by atoms with E-state index in [0.29, 0.717) is 35.1 Å². The monoisotopic (exact) mass is 281 g/mol. The maximum absolute atomic E-state index is 9.95. The third-order valence-electron chi connectivity index (χ3n) is 2.72. The van der Waals surface area contributed by atoms with Gasteiger partial charge in [-0.3, -0.25) is 9.67 Å². The molecule has 0 amide bonds. The maximum Gasteiger partial charge on any atom is 0.195 e. The van der Waals surface area contributed by atoms with Crippen molar-refractivity contribution < 1.29 is 14.6 Å². The van der Waals surface area contributed by atoms with Crippen molar-refractivity contribution in [3.63, 3.8) is 0 Å². The molecule has 2 aromatic rings. The summed E-state index contributed by atoms with van der Waals surface area (Å²) in [6.07, 6.45) is 0. The van der Waals surface area contributed by atoms with Crippen LogP contribution in [0, 0.1) is 4.77 Å². The number of hydrogen-bond acceptors (Lipinski definition) is 5. The van der Waals surface area contributed by atoms with Crippen molar-refractivity contribution in [2.24, 2.45) is 0 Å². The van der Waals surface area contributed by atoms with Gasteiger partial charge in [-0.1, -0.05) is 0 Å². The molecule has 1 aromatic heterocycles. The van der Waals surface area contributed by atoms with Crippen molar-refractivity contribution in [1.29, 1.82) is 0 Å². The molecule has 102 valence electrons. The molecule has 0 saturated heterocycles. The van der Waals surface area contributed by atoms with Gasteiger partial charge < -0.3 is 14.6 Å². The van der Waals surface area contributed by atoms with E-state index >= 15 is 0 Å². The average molecular weight is 281 g/mol. The van der Waals surface area contributed by atoms with E-state index in [-0.39, 0.29) is 5.75 Å². The average Bonchev–Trinajstić information content (AvgIpc) is 2.78. The minimum absolute atomic E-state index is 0.119. The van der Waals surface area contributed by atoms with E-state index in [1.807, 2.05) is 0 Å². The quantitative estimate of drug-likeness (QED) is 0.820. The fourth-order valence-electron chi connectivity index (χ4n) is 1.73. The van der Waals surface area contributed by atoms with Crippen LogP contribution < -0.4 is 4.74 Å². The number of nitrogens with one attached hydrogen (secondary N) is 1. The molecule has 0 fully saturated rings. The molecular weight excluding hydrogens is 266 g/mol. The summed E-state index contributed by atoms with van der Waals surface area (Å²) in [7, 11) is 3.19. The lowest BCUT2D eigenvalue weighted by atomic mass is 10.1. The second-order valence-electron chi connectivity index (χ2n) is 3.88. The van der Waals surface area contributed by atoms with Gasteiger partial charge in [0.25, 0.3) is 0 Å². The highest BCUT2D eigenvalue weighted by Crippen LogP contribution is 2.31. The summed E-state index contributed by atoms with van der Waals surface area (Å²) in [4.78, 5) is 0. The highest BCUT2D eigenvalue weighted by molar-refractivity contribution is 7.71. The van der Waals surface area contributed by atoms with Gasteiger partial charge in [0.05, 0.1) is 25.8 Å². The largest absolute Gasteiger partial charge is 0.507 e. The number of H-pyrrole nitrogens is 1. The van der Waals surface area contributed by atoms with Crippen LogP contribution in [0.1, 0.15) is 0 Å². The van der Waals surface area contributed by atoms with Gasteiger partial charge in [-0.2, -0.15) is 5.10 Å². The summed E-state index contributed by atoms with van der Waals surface area (Å²) in [5.74, 6) is 1.31. The van der Waals surface area contributed by atoms with Gasteiger partial charge in [-0.25, -0.2) is 0 Å². The number of aromatic nitrogens is 3. The Balaban J connectivity index is 2.49. The Labute approximate surface area is 115 Å². The van der Waals surface area contributed by atoms with E-state index in [2.05, 4.69) is 10.2 Å². The van der Waals surface area contributed by atoms with Crippen LogP contribution in [0.4, 0.5) is 0 Å². The molecule has 0 saturated carbocycles. The van der Waals surface area contributed by atoms with Crippen LogP contribution in [0.25, 0.3) is 11.4 Å². The van der Waals surface area contributed by atoms with Gasteiger partial charge in [0.1, 0.15) is 11.5 Å². The Morgan fingerprint density at radius 2 is 2.21 bits per heavy atom. The van der Waals surface area contributed by atoms with E-state index in [4.69, 9.17) is 21.7 Å². The fraction of sp³-hybridized carbons (Fsp3) is 0.333. The normalized spacial score (nSPS) is 10.6. The topological polar surface area (TPSA) is 72.3 Å². The number of aromatic amines is 1. The van der Waals surface area contributed by atoms with Crippen molar-refractivity contribution >= 4 is 12.2 Å². The van der Waals surface area contributed by atoms with Crippen molar-refractivity contribution in [2.45, 2.75) is 6.54 Å². The predicted octanol–water partition coefficient (Wildman–Crippen LogP) is 1.97. The summed E-state index contributed by atoms with van der Waals surface area (Å²) in [5, 5.41) is 16.8. The SMILES string of the molecule is COCCn1c(-c2cc(OC)ccc2O)n[nH]c1=S. The smallest absolute Gasteiger partial charge is 0.195 e. The second kappa shape index (κ2) is 5.85. The zero-order valence-electron chi connectivity index (χ0n) is 10.7. The molecule has 1 heterocycles. The van der Waals surface area contributed by atoms with Gasteiger partial charge in [0.2, 0.25) is 0 Å². The van der Waals surface area contributed by atoms with Crippen LogP contribution in [-0.4, -0.2) is 40.7 Å². The molecule has 0 spiro atoms. The van der Waals surface area contributed by atoms with Gasteiger partial charge >= 0.3 is 0 Å². The third-order valence-corrected chi connectivity index (χ3v) is 3.03. The highest BCUT2D eigenvalue weighted by Gasteiger charge is 2.13. The molecule has 0 aliphatic carbocycles. The van der Waals surface area contributed by atoms with Crippen molar-refractivity contribution in [3.05, 3.63) is 23.0 Å². The lowest BCUT2D eigenvalue weighted by Gasteiger charge is -2.09. The van der Waals surface area contributed by atoms with Crippen molar-refractivity contribution in [2.75, 3.05) is 20.8 Å². The fourth-order valence-corrected chi connectivity index (χ4v) is 1.96. The number of phenolic OH excluding ortho intramolecular Hbond substituents is 1. The molecule has 0 aliphatic heterocycles. The van der Waals surface area contributed by atoms with Crippen LogP contribution in [0.3, 0.4) is 0 Å². The summed E-state index contributed by atoms with van der Waals surface area (Å²) in [6.45, 7) is 1.06. The summed E-state index contributed by atoms with van der Waals surface area (Å²) in [5.41, 5.74) is 0.558. The Kier molecular flexibility index (Phi) is 4.18. The standard InChI is InChI=1S/C12H15N3O3S/c1-17-6-5-15-11(13-14-12(15)19)9-7-8(18-2)3-4-10(9)16/h3-4,7,16H,5-6H2,1-2H3,(H,14,19). The Morgan fingerprint density at radius 3 is 2.89 bits per heavy atom. The number of benzene rings is 1. The molecule has 7 heteroatoms. The molecule has 0 bridgehead atoms. The van der Waals surface area contributed by atoms with E-state index in [0.717, 1.165) is 0 Å². The summed E-state index contributed by atoms with van der Waals surface area (Å²) >= 11 is 5.17. The number of phenols is 1. The molecule has 2 N–H and O–H groups in total. The lowest BCUT2D eigenvalue weighted by molar-refractivity contribution is 0.187. The van der Waals surface area contributed by atoms with Gasteiger partial charge in [-0.05, 0) is 30.4 Å².